The van der Waals surface area contributed by atoms with Crippen LogP contribution in [0.3, 0.4) is 0 Å². The highest BCUT2D eigenvalue weighted by Crippen LogP contribution is 2.21. The highest BCUT2D eigenvalue weighted by atomic mass is 16.5. The predicted octanol–water partition coefficient (Wildman–Crippen LogP) is 2.46. The van der Waals surface area contributed by atoms with Crippen LogP contribution in [0.1, 0.15) is 12.0 Å². The van der Waals surface area contributed by atoms with E-state index in [0.29, 0.717) is 6.42 Å². The number of carbonyl (C=O) groups is 2. The summed E-state index contributed by atoms with van der Waals surface area (Å²) < 4.78 is 5.05. The van der Waals surface area contributed by atoms with E-state index < -0.39 is 17.9 Å². The number of amides is 1. The van der Waals surface area contributed by atoms with Crippen LogP contribution in [0.4, 0.5) is 0 Å². The van der Waals surface area contributed by atoms with Gasteiger partial charge in [0.2, 0.25) is 5.91 Å². The SMILES string of the molecule is COCC(CC(Cc1ccc(-c2ccccc2)cc1)NC(=O)C1CN=NN1)C(=O)O. The Morgan fingerprint density at radius 3 is 2.47 bits per heavy atom. The fourth-order valence-corrected chi connectivity index (χ4v) is 3.44. The van der Waals surface area contributed by atoms with Gasteiger partial charge >= 0.3 is 5.97 Å². The first-order valence-electron chi connectivity index (χ1n) is 9.85. The third-order valence-electron chi connectivity index (χ3n) is 5.04. The summed E-state index contributed by atoms with van der Waals surface area (Å²) >= 11 is 0. The van der Waals surface area contributed by atoms with Crippen LogP contribution in [0, 0.1) is 5.92 Å². The van der Waals surface area contributed by atoms with Crippen LogP contribution in [0.5, 0.6) is 0 Å². The number of aliphatic carboxylic acids is 1. The Hall–Kier alpha value is -3.26. The van der Waals surface area contributed by atoms with Crippen molar-refractivity contribution in [2.75, 3.05) is 20.3 Å². The highest BCUT2D eigenvalue weighted by Gasteiger charge is 2.28. The third kappa shape index (κ3) is 5.87. The number of carboxylic acids is 1. The number of nitrogens with zero attached hydrogens (tertiary/aromatic N) is 2. The molecule has 1 aliphatic heterocycles. The second kappa shape index (κ2) is 10.5. The minimum absolute atomic E-state index is 0.0843. The molecule has 3 rings (SSSR count). The van der Waals surface area contributed by atoms with E-state index in [0.717, 1.165) is 16.7 Å². The molecule has 1 aliphatic rings. The minimum Gasteiger partial charge on any atom is -0.481 e. The zero-order chi connectivity index (χ0) is 21.3. The number of hydrogen-bond acceptors (Lipinski definition) is 6. The Balaban J connectivity index is 1.71. The topological polar surface area (TPSA) is 112 Å². The van der Waals surface area contributed by atoms with Gasteiger partial charge in [0.25, 0.3) is 0 Å². The van der Waals surface area contributed by atoms with Crippen molar-refractivity contribution in [2.45, 2.75) is 24.9 Å². The molecule has 8 heteroatoms. The van der Waals surface area contributed by atoms with E-state index in [1.807, 2.05) is 54.6 Å². The fourth-order valence-electron chi connectivity index (χ4n) is 3.44. The zero-order valence-electron chi connectivity index (χ0n) is 16.8. The average Bonchev–Trinajstić information content (AvgIpc) is 3.29. The van der Waals surface area contributed by atoms with Gasteiger partial charge < -0.3 is 15.2 Å². The van der Waals surface area contributed by atoms with Crippen LogP contribution in [-0.2, 0) is 20.7 Å². The van der Waals surface area contributed by atoms with E-state index in [1.165, 1.54) is 7.11 Å². The molecule has 1 heterocycles. The summed E-state index contributed by atoms with van der Waals surface area (Å²) in [5, 5.41) is 19.9. The van der Waals surface area contributed by atoms with Gasteiger partial charge in [0, 0.05) is 13.2 Å². The molecule has 30 heavy (non-hydrogen) atoms. The third-order valence-corrected chi connectivity index (χ3v) is 5.04. The summed E-state index contributed by atoms with van der Waals surface area (Å²) in [5.41, 5.74) is 5.89. The summed E-state index contributed by atoms with van der Waals surface area (Å²) in [6.07, 6.45) is 0.770. The van der Waals surface area contributed by atoms with Gasteiger partial charge in [-0.2, -0.15) is 5.11 Å². The van der Waals surface area contributed by atoms with Crippen molar-refractivity contribution in [3.8, 4) is 11.1 Å². The van der Waals surface area contributed by atoms with Crippen molar-refractivity contribution in [3.05, 3.63) is 60.2 Å². The smallest absolute Gasteiger partial charge is 0.308 e. The van der Waals surface area contributed by atoms with Crippen LogP contribution < -0.4 is 10.7 Å². The summed E-state index contributed by atoms with van der Waals surface area (Å²) in [4.78, 5) is 24.1. The second-order valence-corrected chi connectivity index (χ2v) is 7.30. The molecule has 0 saturated heterocycles. The highest BCUT2D eigenvalue weighted by molar-refractivity contribution is 5.82. The lowest BCUT2D eigenvalue weighted by molar-refractivity contribution is -0.144. The summed E-state index contributed by atoms with van der Waals surface area (Å²) in [6, 6.07) is 17.2. The maximum atomic E-state index is 12.5. The Bertz CT molecular complexity index is 862. The molecule has 8 nitrogen and oxygen atoms in total. The van der Waals surface area contributed by atoms with Crippen molar-refractivity contribution in [1.29, 1.82) is 0 Å². The molecule has 0 fully saturated rings. The molecular weight excluding hydrogens is 384 g/mol. The average molecular weight is 410 g/mol. The summed E-state index contributed by atoms with van der Waals surface area (Å²) in [7, 11) is 1.47. The lowest BCUT2D eigenvalue weighted by Gasteiger charge is -2.23. The lowest BCUT2D eigenvalue weighted by atomic mass is 9.94. The van der Waals surface area contributed by atoms with Gasteiger partial charge in [0.1, 0.15) is 6.04 Å². The van der Waals surface area contributed by atoms with Crippen LogP contribution in [0.15, 0.2) is 64.9 Å². The van der Waals surface area contributed by atoms with Crippen LogP contribution in [-0.4, -0.2) is 49.3 Å². The summed E-state index contributed by atoms with van der Waals surface area (Å²) in [5.74, 6) is -1.90. The number of benzene rings is 2. The van der Waals surface area contributed by atoms with Gasteiger partial charge in [-0.25, -0.2) is 0 Å². The molecule has 3 N–H and O–H groups in total. The molecule has 3 unspecified atom stereocenters. The standard InChI is InChI=1S/C22H26N4O4/c1-30-14-18(22(28)29)12-19(24-21(27)20-13-23-26-25-20)11-15-7-9-17(10-8-15)16-5-3-2-4-6-16/h2-10,18-20H,11-14H2,1H3,(H,23,25)(H,24,27)(H,28,29). The van der Waals surface area contributed by atoms with Crippen molar-refractivity contribution >= 4 is 11.9 Å². The molecule has 158 valence electrons. The molecule has 3 atom stereocenters. The van der Waals surface area contributed by atoms with Gasteiger partial charge in [-0.15, -0.1) is 0 Å². The fraction of sp³-hybridized carbons (Fsp3) is 0.364. The maximum Gasteiger partial charge on any atom is 0.308 e. The summed E-state index contributed by atoms with van der Waals surface area (Å²) in [6.45, 7) is 0.353. The molecule has 0 radical (unpaired) electrons. The van der Waals surface area contributed by atoms with Crippen molar-refractivity contribution < 1.29 is 19.4 Å². The number of carbonyl (C=O) groups excluding carboxylic acids is 1. The van der Waals surface area contributed by atoms with Crippen LogP contribution >= 0.6 is 0 Å². The molecule has 2 aromatic carbocycles. The van der Waals surface area contributed by atoms with Gasteiger partial charge in [-0.3, -0.25) is 15.0 Å². The molecule has 0 bridgehead atoms. The van der Waals surface area contributed by atoms with Gasteiger partial charge in [-0.05, 0) is 29.5 Å². The quantitative estimate of drug-likeness (QED) is 0.557. The Labute approximate surface area is 175 Å². The predicted molar refractivity (Wildman–Crippen MR) is 112 cm³/mol. The van der Waals surface area contributed by atoms with Crippen molar-refractivity contribution in [3.63, 3.8) is 0 Å². The second-order valence-electron chi connectivity index (χ2n) is 7.30. The van der Waals surface area contributed by atoms with E-state index in [-0.39, 0.29) is 31.5 Å². The number of hydrogen-bond donors (Lipinski definition) is 3. The van der Waals surface area contributed by atoms with E-state index >= 15 is 0 Å². The first-order chi connectivity index (χ1) is 14.6. The first-order valence-corrected chi connectivity index (χ1v) is 9.85. The van der Waals surface area contributed by atoms with E-state index in [1.54, 1.807) is 0 Å². The monoisotopic (exact) mass is 410 g/mol. The number of ether oxygens (including phenoxy) is 1. The maximum absolute atomic E-state index is 12.5. The van der Waals surface area contributed by atoms with Crippen molar-refractivity contribution in [2.24, 2.45) is 16.3 Å². The zero-order valence-corrected chi connectivity index (χ0v) is 16.8. The van der Waals surface area contributed by atoms with Crippen LogP contribution in [0.2, 0.25) is 0 Å². The normalized spacial score (nSPS) is 17.2. The Kier molecular flexibility index (Phi) is 7.51. The largest absolute Gasteiger partial charge is 0.481 e. The van der Waals surface area contributed by atoms with E-state index in [4.69, 9.17) is 4.74 Å². The number of methoxy groups -OCH3 is 1. The van der Waals surface area contributed by atoms with E-state index in [2.05, 4.69) is 21.1 Å². The van der Waals surface area contributed by atoms with Gasteiger partial charge in [-0.1, -0.05) is 59.8 Å². The molecule has 1 amide bonds. The molecule has 2 aromatic rings. The molecule has 0 aromatic heterocycles. The number of carboxylic acid groups (broad SMARTS) is 1. The lowest BCUT2D eigenvalue weighted by Crippen LogP contribution is -2.48. The first kappa shape index (κ1) is 21.4. The number of rotatable bonds is 10. The Morgan fingerprint density at radius 2 is 1.87 bits per heavy atom. The Morgan fingerprint density at radius 1 is 1.17 bits per heavy atom. The van der Waals surface area contributed by atoms with Gasteiger partial charge in [0.15, 0.2) is 0 Å². The minimum atomic E-state index is -0.945. The van der Waals surface area contributed by atoms with Gasteiger partial charge in [0.05, 0.1) is 19.1 Å². The molecule has 0 aliphatic carbocycles. The van der Waals surface area contributed by atoms with Crippen LogP contribution in [0.25, 0.3) is 11.1 Å². The number of nitrogens with one attached hydrogen (secondary N) is 2. The van der Waals surface area contributed by atoms with E-state index in [9.17, 15) is 14.7 Å². The molecule has 0 spiro atoms. The van der Waals surface area contributed by atoms with Crippen molar-refractivity contribution in [1.82, 2.24) is 10.7 Å². The molecular formula is C22H26N4O4. The molecule has 0 saturated carbocycles.